The number of fused-ring (bicyclic) bond motifs is 2. The van der Waals surface area contributed by atoms with Gasteiger partial charge in [0, 0.05) is 10.9 Å². The Balaban J connectivity index is 0.000000173. The van der Waals surface area contributed by atoms with E-state index in [2.05, 4.69) is 82.3 Å². The Morgan fingerprint density at radius 3 is 2.03 bits per heavy atom. The molecule has 0 saturated heterocycles. The molecule has 0 N–H and O–H groups in total. The van der Waals surface area contributed by atoms with Gasteiger partial charge in [0.1, 0.15) is 5.58 Å². The van der Waals surface area contributed by atoms with E-state index in [1.165, 1.54) is 69.9 Å². The summed E-state index contributed by atoms with van der Waals surface area (Å²) in [6.07, 6.45) is 1.85. The van der Waals surface area contributed by atoms with Crippen LogP contribution in [0, 0.1) is 27.7 Å². The van der Waals surface area contributed by atoms with Crippen LogP contribution in [-0.4, -0.2) is 25.8 Å². The van der Waals surface area contributed by atoms with Crippen LogP contribution in [0.5, 0.6) is 0 Å². The Bertz CT molecular complexity index is 1310. The van der Waals surface area contributed by atoms with Crippen LogP contribution in [0.25, 0.3) is 33.1 Å². The summed E-state index contributed by atoms with van der Waals surface area (Å²) in [4.78, 5) is 0. The molecule has 3 heteroatoms. The van der Waals surface area contributed by atoms with Gasteiger partial charge in [-0.15, -0.1) is 0 Å². The minimum absolute atomic E-state index is 1.00. The Labute approximate surface area is 207 Å². The fourth-order valence-corrected chi connectivity index (χ4v) is 4.34. The van der Waals surface area contributed by atoms with Crippen molar-refractivity contribution >= 4 is 47.7 Å². The third-order valence-electron chi connectivity index (χ3n) is 5.78. The molecule has 0 aliphatic carbocycles. The molecule has 0 atom stereocenters. The van der Waals surface area contributed by atoms with E-state index in [0.29, 0.717) is 0 Å². The van der Waals surface area contributed by atoms with Gasteiger partial charge in [0.05, 0.1) is 6.26 Å². The molecule has 3 aromatic carbocycles. The summed E-state index contributed by atoms with van der Waals surface area (Å²) >= 11 is 1.17. The molecule has 0 aliphatic heterocycles. The summed E-state index contributed by atoms with van der Waals surface area (Å²) < 4.78 is 12.6. The monoisotopic (exact) mass is 619 g/mol. The fourth-order valence-electron chi connectivity index (χ4n) is 3.66. The van der Waals surface area contributed by atoms with Gasteiger partial charge in [0.2, 0.25) is 0 Å². The van der Waals surface area contributed by atoms with E-state index < -0.39 is 0 Å². The third kappa shape index (κ3) is 5.01. The van der Waals surface area contributed by atoms with Crippen molar-refractivity contribution in [2.75, 3.05) is 0 Å². The maximum atomic E-state index is 5.76. The summed E-state index contributed by atoms with van der Waals surface area (Å²) in [5, 5.41) is 2.44. The van der Waals surface area contributed by atoms with Crippen molar-refractivity contribution in [3.05, 3.63) is 94.9 Å². The average Bonchev–Trinajstić information content (AvgIpc) is 3.46. The first-order valence-electron chi connectivity index (χ1n) is 11.2. The first-order valence-corrected chi connectivity index (χ1v) is 13.9. The van der Waals surface area contributed by atoms with Crippen LogP contribution in [0.4, 0.5) is 0 Å². The fraction of sp³-hybridized carbons (Fsp3) is 0.241. The van der Waals surface area contributed by atoms with Crippen molar-refractivity contribution in [2.24, 2.45) is 0 Å². The Morgan fingerprint density at radius 2 is 1.38 bits per heavy atom. The van der Waals surface area contributed by atoms with E-state index in [0.717, 1.165) is 20.9 Å². The van der Waals surface area contributed by atoms with Crippen LogP contribution in [0.1, 0.15) is 41.9 Å². The average molecular weight is 619 g/mol. The van der Waals surface area contributed by atoms with E-state index in [1.807, 2.05) is 26.2 Å². The predicted octanol–water partition coefficient (Wildman–Crippen LogP) is 8.46. The van der Waals surface area contributed by atoms with Crippen LogP contribution in [0.2, 0.25) is 0 Å². The molecule has 0 spiro atoms. The van der Waals surface area contributed by atoms with E-state index in [4.69, 9.17) is 8.83 Å². The van der Waals surface area contributed by atoms with E-state index in [-0.39, 0.29) is 0 Å². The molecule has 0 amide bonds. The van der Waals surface area contributed by atoms with Gasteiger partial charge in [-0.1, -0.05) is 56.3 Å². The molecule has 0 bridgehead atoms. The van der Waals surface area contributed by atoms with Gasteiger partial charge < -0.3 is 4.42 Å². The van der Waals surface area contributed by atoms with E-state index >= 15 is 0 Å². The maximum absolute atomic E-state index is 5.76. The molecular formula is C29H31O2Pb. The molecule has 2 aromatic heterocycles. The summed E-state index contributed by atoms with van der Waals surface area (Å²) in [6.45, 7) is 12.5. The van der Waals surface area contributed by atoms with Crippen molar-refractivity contribution in [3.63, 3.8) is 0 Å². The van der Waals surface area contributed by atoms with Crippen LogP contribution >= 0.6 is 0 Å². The summed E-state index contributed by atoms with van der Waals surface area (Å²) in [6, 6.07) is 21.1. The molecule has 5 aromatic rings. The number of hydrogen-bond acceptors (Lipinski definition) is 2. The first kappa shape index (κ1) is 24.3. The number of benzene rings is 3. The van der Waals surface area contributed by atoms with Crippen molar-refractivity contribution in [3.8, 4) is 11.1 Å². The van der Waals surface area contributed by atoms with Crippen LogP contribution in [0.3, 0.4) is 0 Å². The van der Waals surface area contributed by atoms with Gasteiger partial charge in [0.15, 0.2) is 0 Å². The summed E-state index contributed by atoms with van der Waals surface area (Å²) in [5.74, 6) is 1.13. The first-order chi connectivity index (χ1) is 15.5. The van der Waals surface area contributed by atoms with Crippen molar-refractivity contribution in [1.82, 2.24) is 0 Å². The van der Waals surface area contributed by atoms with E-state index in [1.54, 1.807) is 0 Å². The minimum atomic E-state index is 1.00. The Hall–Kier alpha value is -2.34. The second-order valence-corrected chi connectivity index (χ2v) is 9.09. The number of furan rings is 2. The summed E-state index contributed by atoms with van der Waals surface area (Å²) in [7, 11) is 0. The quantitative estimate of drug-likeness (QED) is 0.186. The standard InChI is InChI=1S/C16H14O.C11H11O.C2H6.Pb/c1-11-8-9-14-15(10-17-16(14)12(11)2)13-6-4-3-5-7-13;1-7-4-5-10-6-8(2)12-11(10)9(7)3;1-2;/h3-10H,1-2H3;4-6H,2H2,1,3H3;1-2H3;. The Morgan fingerprint density at radius 1 is 0.750 bits per heavy atom. The molecule has 32 heavy (non-hydrogen) atoms. The molecular weight excluding hydrogens is 588 g/mol. The number of aryl methyl sites for hydroxylation is 4. The zero-order valence-corrected chi connectivity index (χ0v) is 23.8. The van der Waals surface area contributed by atoms with Crippen LogP contribution in [0.15, 0.2) is 75.8 Å². The van der Waals surface area contributed by atoms with Crippen LogP contribution in [-0.2, 0) is 3.98 Å². The molecule has 2 heterocycles. The topological polar surface area (TPSA) is 26.3 Å². The second kappa shape index (κ2) is 11.0. The zero-order valence-electron chi connectivity index (χ0n) is 19.9. The number of rotatable bonds is 2. The van der Waals surface area contributed by atoms with Crippen molar-refractivity contribution < 1.29 is 8.83 Å². The van der Waals surface area contributed by atoms with Gasteiger partial charge in [0.25, 0.3) is 0 Å². The van der Waals surface area contributed by atoms with Gasteiger partial charge in [-0.2, -0.15) is 0 Å². The third-order valence-corrected chi connectivity index (χ3v) is 7.13. The molecule has 163 valence electrons. The van der Waals surface area contributed by atoms with Gasteiger partial charge in [-0.25, -0.2) is 0 Å². The van der Waals surface area contributed by atoms with Crippen molar-refractivity contribution in [2.45, 2.75) is 45.5 Å². The normalized spacial score (nSPS) is 10.5. The van der Waals surface area contributed by atoms with Crippen LogP contribution < -0.4 is 0 Å². The molecule has 2 nitrogen and oxygen atoms in total. The second-order valence-electron chi connectivity index (χ2n) is 7.71. The summed E-state index contributed by atoms with van der Waals surface area (Å²) in [5.41, 5.74) is 9.53. The molecule has 0 aliphatic rings. The number of hydrogen-bond donors (Lipinski definition) is 0. The molecule has 0 saturated carbocycles. The molecule has 0 fully saturated rings. The van der Waals surface area contributed by atoms with Gasteiger partial charge in [-0.05, 0) is 30.5 Å². The predicted molar refractivity (Wildman–Crippen MR) is 138 cm³/mol. The molecule has 0 unspecified atom stereocenters. The molecule has 5 rings (SSSR count). The van der Waals surface area contributed by atoms with E-state index in [9.17, 15) is 0 Å². The van der Waals surface area contributed by atoms with Crippen molar-refractivity contribution in [1.29, 1.82) is 0 Å². The molecule has 3 radical (unpaired) electrons. The Kier molecular flexibility index (Phi) is 8.35. The van der Waals surface area contributed by atoms with Gasteiger partial charge >= 0.3 is 94.1 Å². The SMILES string of the molecule is CC.Cc1ccc2c(-c3ccccc3)coc2c1C.Cc1ccc2cc([CH2][Pb])oc2c1C. The zero-order chi connectivity index (χ0) is 23.3. The van der Waals surface area contributed by atoms with Gasteiger partial charge in [-0.3, -0.25) is 0 Å².